The van der Waals surface area contributed by atoms with E-state index in [0.717, 1.165) is 25.2 Å². The highest BCUT2D eigenvalue weighted by atomic mass is 19.1. The molecule has 1 aromatic carbocycles. The lowest BCUT2D eigenvalue weighted by Gasteiger charge is -2.17. The first-order chi connectivity index (χ1) is 8.54. The lowest BCUT2D eigenvalue weighted by Crippen LogP contribution is -2.23. The maximum Gasteiger partial charge on any atom is 0.275 e. The molecule has 2 aliphatic rings. The minimum absolute atomic E-state index is 0.0677. The van der Waals surface area contributed by atoms with Crippen molar-refractivity contribution in [2.75, 3.05) is 13.1 Å². The van der Waals surface area contributed by atoms with Gasteiger partial charge in [0.1, 0.15) is 11.6 Å². The Morgan fingerprint density at radius 3 is 2.33 bits per heavy atom. The molecule has 0 N–H and O–H groups in total. The highest BCUT2D eigenvalue weighted by Gasteiger charge is 2.45. The van der Waals surface area contributed by atoms with Gasteiger partial charge in [0.25, 0.3) is 5.69 Å². The van der Waals surface area contributed by atoms with Crippen LogP contribution in [-0.4, -0.2) is 22.9 Å². The number of hydrogen-bond donors (Lipinski definition) is 0. The average Bonchev–Trinajstić information content (AvgIpc) is 2.91. The van der Waals surface area contributed by atoms with Gasteiger partial charge in [0.05, 0.1) is 17.1 Å². The number of nitro benzene ring substituents is 1. The maximum absolute atomic E-state index is 13.7. The van der Waals surface area contributed by atoms with Crippen molar-refractivity contribution in [2.24, 2.45) is 11.8 Å². The van der Waals surface area contributed by atoms with E-state index in [1.807, 2.05) is 4.90 Å². The highest BCUT2D eigenvalue weighted by Crippen LogP contribution is 2.45. The number of likely N-dealkylation sites (tertiary alicyclic amines) is 1. The van der Waals surface area contributed by atoms with Crippen LogP contribution in [-0.2, 0) is 6.54 Å². The summed E-state index contributed by atoms with van der Waals surface area (Å²) in [4.78, 5) is 11.7. The van der Waals surface area contributed by atoms with E-state index < -0.39 is 22.2 Å². The first-order valence-corrected chi connectivity index (χ1v) is 5.89. The van der Waals surface area contributed by atoms with Crippen LogP contribution >= 0.6 is 0 Å². The lowest BCUT2D eigenvalue weighted by molar-refractivity contribution is -0.385. The number of rotatable bonds is 3. The Hall–Kier alpha value is -1.56. The summed E-state index contributed by atoms with van der Waals surface area (Å²) in [6.45, 7) is 1.95. The van der Waals surface area contributed by atoms with E-state index in [0.29, 0.717) is 11.8 Å². The molecule has 0 radical (unpaired) electrons. The van der Waals surface area contributed by atoms with Gasteiger partial charge in [0.2, 0.25) is 0 Å². The van der Waals surface area contributed by atoms with Gasteiger partial charge in [-0.1, -0.05) is 0 Å². The third kappa shape index (κ3) is 1.96. The van der Waals surface area contributed by atoms with Gasteiger partial charge < -0.3 is 0 Å². The van der Waals surface area contributed by atoms with Crippen LogP contribution in [0.4, 0.5) is 14.5 Å². The van der Waals surface area contributed by atoms with Crippen molar-refractivity contribution in [3.63, 3.8) is 0 Å². The number of nitro groups is 1. The van der Waals surface area contributed by atoms with Gasteiger partial charge >= 0.3 is 0 Å². The molecule has 1 aliphatic heterocycles. The molecule has 2 unspecified atom stereocenters. The second-order valence-electron chi connectivity index (χ2n) is 5.10. The standard InChI is InChI=1S/C12H12F2N2O2/c13-11-2-9(16(17)18)3-12(14)10(11)6-15-4-7-1-8(7)5-15/h2-3,7-8H,1,4-6H2. The zero-order valence-corrected chi connectivity index (χ0v) is 9.60. The van der Waals surface area contributed by atoms with Crippen molar-refractivity contribution in [1.82, 2.24) is 4.90 Å². The van der Waals surface area contributed by atoms with E-state index in [1.54, 1.807) is 0 Å². The minimum Gasteiger partial charge on any atom is -0.298 e. The zero-order valence-electron chi connectivity index (χ0n) is 9.60. The predicted molar refractivity (Wildman–Crippen MR) is 59.9 cm³/mol. The minimum atomic E-state index is -0.831. The molecule has 2 atom stereocenters. The van der Waals surface area contributed by atoms with Crippen molar-refractivity contribution >= 4 is 5.69 Å². The van der Waals surface area contributed by atoms with Crippen LogP contribution < -0.4 is 0 Å². The molecule has 6 heteroatoms. The summed E-state index contributed by atoms with van der Waals surface area (Å²) >= 11 is 0. The maximum atomic E-state index is 13.7. The number of hydrogen-bond acceptors (Lipinski definition) is 3. The Morgan fingerprint density at radius 1 is 1.28 bits per heavy atom. The summed E-state index contributed by atoms with van der Waals surface area (Å²) < 4.78 is 27.3. The SMILES string of the molecule is O=[N+]([O-])c1cc(F)c(CN2CC3CC3C2)c(F)c1. The summed E-state index contributed by atoms with van der Waals surface area (Å²) in [6.07, 6.45) is 1.22. The Morgan fingerprint density at radius 2 is 1.83 bits per heavy atom. The van der Waals surface area contributed by atoms with Crippen molar-refractivity contribution in [1.29, 1.82) is 0 Å². The summed E-state index contributed by atoms with van der Waals surface area (Å²) in [6, 6.07) is 1.57. The zero-order chi connectivity index (χ0) is 12.9. The van der Waals surface area contributed by atoms with E-state index in [9.17, 15) is 18.9 Å². The van der Waals surface area contributed by atoms with Crippen LogP contribution in [0, 0.1) is 33.6 Å². The lowest BCUT2D eigenvalue weighted by atomic mass is 10.1. The molecule has 3 rings (SSSR count). The number of nitrogens with zero attached hydrogens (tertiary/aromatic N) is 2. The van der Waals surface area contributed by atoms with Gasteiger partial charge in [-0.05, 0) is 18.3 Å². The molecule has 1 aliphatic carbocycles. The molecule has 0 spiro atoms. The quantitative estimate of drug-likeness (QED) is 0.614. The molecule has 1 saturated heterocycles. The fourth-order valence-electron chi connectivity index (χ4n) is 2.69. The molecule has 0 amide bonds. The summed E-state index contributed by atoms with van der Waals surface area (Å²) in [7, 11) is 0. The second kappa shape index (κ2) is 3.98. The first-order valence-electron chi connectivity index (χ1n) is 5.89. The number of benzene rings is 1. The van der Waals surface area contributed by atoms with Gasteiger partial charge in [-0.3, -0.25) is 15.0 Å². The number of non-ortho nitro benzene ring substituents is 1. The Bertz CT molecular complexity index is 488. The topological polar surface area (TPSA) is 46.4 Å². The van der Waals surface area contributed by atoms with Gasteiger partial charge in [-0.25, -0.2) is 8.78 Å². The largest absolute Gasteiger partial charge is 0.298 e. The second-order valence-corrected chi connectivity index (χ2v) is 5.10. The van der Waals surface area contributed by atoms with Gasteiger partial charge in [-0.2, -0.15) is 0 Å². The fourth-order valence-corrected chi connectivity index (χ4v) is 2.69. The molecule has 0 bridgehead atoms. The average molecular weight is 254 g/mol. The van der Waals surface area contributed by atoms with Crippen molar-refractivity contribution in [2.45, 2.75) is 13.0 Å². The molecule has 0 aromatic heterocycles. The molecular weight excluding hydrogens is 242 g/mol. The third-order valence-corrected chi connectivity index (χ3v) is 3.77. The molecule has 1 heterocycles. The number of fused-ring (bicyclic) bond motifs is 1. The normalized spacial score (nSPS) is 26.1. The molecule has 18 heavy (non-hydrogen) atoms. The van der Waals surface area contributed by atoms with Gasteiger partial charge in [0, 0.05) is 25.2 Å². The van der Waals surface area contributed by atoms with Crippen LogP contribution in [0.1, 0.15) is 12.0 Å². The van der Waals surface area contributed by atoms with Crippen LogP contribution in [0.2, 0.25) is 0 Å². The number of halogens is 2. The van der Waals surface area contributed by atoms with Crippen molar-refractivity contribution < 1.29 is 13.7 Å². The Balaban J connectivity index is 1.80. The molecular formula is C12H12F2N2O2. The van der Waals surface area contributed by atoms with Gasteiger partial charge in [0.15, 0.2) is 0 Å². The predicted octanol–water partition coefficient (Wildman–Crippen LogP) is 2.32. The molecule has 1 aromatic rings. The van der Waals surface area contributed by atoms with Gasteiger partial charge in [-0.15, -0.1) is 0 Å². The van der Waals surface area contributed by atoms with E-state index >= 15 is 0 Å². The monoisotopic (exact) mass is 254 g/mol. The Kier molecular flexibility index (Phi) is 2.55. The molecule has 96 valence electrons. The summed E-state index contributed by atoms with van der Waals surface area (Å²) in [5.41, 5.74) is -0.611. The summed E-state index contributed by atoms with van der Waals surface area (Å²) in [5.74, 6) is -0.284. The highest BCUT2D eigenvalue weighted by molar-refractivity contribution is 5.35. The molecule has 2 fully saturated rings. The van der Waals surface area contributed by atoms with Crippen LogP contribution in [0.5, 0.6) is 0 Å². The fraction of sp³-hybridized carbons (Fsp3) is 0.500. The van der Waals surface area contributed by atoms with Crippen LogP contribution in [0.3, 0.4) is 0 Å². The van der Waals surface area contributed by atoms with Crippen LogP contribution in [0.25, 0.3) is 0 Å². The van der Waals surface area contributed by atoms with E-state index in [1.165, 1.54) is 6.42 Å². The van der Waals surface area contributed by atoms with Crippen molar-refractivity contribution in [3.05, 3.63) is 39.4 Å². The molecule has 1 saturated carbocycles. The van der Waals surface area contributed by atoms with E-state index in [2.05, 4.69) is 0 Å². The molecule has 4 nitrogen and oxygen atoms in total. The van der Waals surface area contributed by atoms with E-state index in [4.69, 9.17) is 0 Å². The smallest absolute Gasteiger partial charge is 0.275 e. The van der Waals surface area contributed by atoms with E-state index in [-0.39, 0.29) is 12.1 Å². The summed E-state index contributed by atoms with van der Waals surface area (Å²) in [5, 5.41) is 10.5. The van der Waals surface area contributed by atoms with Crippen molar-refractivity contribution in [3.8, 4) is 0 Å². The third-order valence-electron chi connectivity index (χ3n) is 3.77. The first kappa shape index (κ1) is 11.5. The Labute approximate surface area is 102 Å². The van der Waals surface area contributed by atoms with Crippen LogP contribution in [0.15, 0.2) is 12.1 Å². The number of piperidine rings is 1.